The van der Waals surface area contributed by atoms with Crippen LogP contribution in [0.3, 0.4) is 0 Å². The highest BCUT2D eigenvalue weighted by molar-refractivity contribution is 5.95. The first-order valence-corrected chi connectivity index (χ1v) is 15.0. The van der Waals surface area contributed by atoms with E-state index in [4.69, 9.17) is 9.47 Å². The number of Topliss-reactive ketones (excluding diaryl/α,β-unsaturated/α-hetero) is 1. The number of ketones is 1. The van der Waals surface area contributed by atoms with Crippen LogP contribution in [0.4, 0.5) is 0 Å². The molecule has 7 atom stereocenters. The lowest BCUT2D eigenvalue weighted by Crippen LogP contribution is -2.65. The van der Waals surface area contributed by atoms with E-state index in [1.54, 1.807) is 13.0 Å². The summed E-state index contributed by atoms with van der Waals surface area (Å²) in [6, 6.07) is 0. The molecule has 8 heteroatoms. The maximum Gasteiger partial charge on any atom is 0.306 e. The van der Waals surface area contributed by atoms with E-state index >= 15 is 0 Å². The van der Waals surface area contributed by atoms with Crippen LogP contribution >= 0.6 is 0 Å². The molecule has 8 nitrogen and oxygen atoms in total. The van der Waals surface area contributed by atoms with Gasteiger partial charge in [-0.05, 0) is 50.2 Å². The maximum absolute atomic E-state index is 14.7. The van der Waals surface area contributed by atoms with Gasteiger partial charge in [-0.15, -0.1) is 0 Å². The Bertz CT molecular complexity index is 1040. The zero-order chi connectivity index (χ0) is 30.1. The van der Waals surface area contributed by atoms with Gasteiger partial charge in [-0.3, -0.25) is 14.4 Å². The van der Waals surface area contributed by atoms with Crippen LogP contribution < -0.4 is 0 Å². The van der Waals surface area contributed by atoms with E-state index in [9.17, 15) is 29.7 Å². The molecule has 1 fully saturated rings. The van der Waals surface area contributed by atoms with E-state index in [0.717, 1.165) is 32.1 Å². The van der Waals surface area contributed by atoms with E-state index in [2.05, 4.69) is 6.92 Å². The van der Waals surface area contributed by atoms with Crippen LogP contribution in [0, 0.1) is 22.7 Å². The number of aliphatic hydroxyl groups excluding tert-OH is 2. The molecule has 0 aromatic heterocycles. The van der Waals surface area contributed by atoms with Crippen molar-refractivity contribution in [2.24, 2.45) is 22.7 Å². The van der Waals surface area contributed by atoms with E-state index in [1.807, 2.05) is 34.6 Å². The first-order chi connectivity index (χ1) is 18.7. The standard InChI is InChI=1S/C32H50O8/c1-8-10-11-12-13-15-25(35)40-30(7)18-21(4)31-17-20(3)28(39-24(34)14-9-2)32(31,38)26(36)22(19-33)16-23(27(31)37)29(30,5)6/h16-17,21,23,26,28,33,36,38H,8-15,18-19H2,1-7H3/t21-,23?,26?,28?,30-,31?,32?/m1/s1. The number of ether oxygens (including phenoxy) is 2. The second-order valence-corrected chi connectivity index (χ2v) is 13.0. The lowest BCUT2D eigenvalue weighted by molar-refractivity contribution is -0.204. The van der Waals surface area contributed by atoms with Crippen LogP contribution in [0.5, 0.6) is 0 Å². The quantitative estimate of drug-likeness (QED) is 0.189. The molecule has 2 bridgehead atoms. The Morgan fingerprint density at radius 2 is 1.68 bits per heavy atom. The van der Waals surface area contributed by atoms with Crippen molar-refractivity contribution < 1.29 is 39.2 Å². The molecular formula is C32H50O8. The van der Waals surface area contributed by atoms with Gasteiger partial charge in [0, 0.05) is 24.2 Å². The summed E-state index contributed by atoms with van der Waals surface area (Å²) in [7, 11) is 0. The number of fused-ring (bicyclic) bond motifs is 1. The molecule has 40 heavy (non-hydrogen) atoms. The van der Waals surface area contributed by atoms with Crippen LogP contribution in [0.1, 0.15) is 106 Å². The van der Waals surface area contributed by atoms with Crippen molar-refractivity contribution in [2.75, 3.05) is 6.61 Å². The second kappa shape index (κ2) is 12.1. The third-order valence-electron chi connectivity index (χ3n) is 10.1. The predicted molar refractivity (Wildman–Crippen MR) is 151 cm³/mol. The van der Waals surface area contributed by atoms with Crippen molar-refractivity contribution in [1.82, 2.24) is 0 Å². The van der Waals surface area contributed by atoms with Gasteiger partial charge in [0.1, 0.15) is 11.7 Å². The molecule has 1 spiro atoms. The lowest BCUT2D eigenvalue weighted by Gasteiger charge is -2.49. The van der Waals surface area contributed by atoms with Gasteiger partial charge in [0.25, 0.3) is 0 Å². The average molecular weight is 563 g/mol. The van der Waals surface area contributed by atoms with Crippen LogP contribution in [-0.2, 0) is 23.9 Å². The highest BCUT2D eigenvalue weighted by Crippen LogP contribution is 2.64. The Labute approximate surface area is 239 Å². The van der Waals surface area contributed by atoms with Crippen LogP contribution in [-0.4, -0.2) is 63.1 Å². The van der Waals surface area contributed by atoms with E-state index in [0.29, 0.717) is 12.0 Å². The number of esters is 2. The number of aliphatic hydroxyl groups is 3. The van der Waals surface area contributed by atoms with Crippen molar-refractivity contribution in [3.63, 3.8) is 0 Å². The Kier molecular flexibility index (Phi) is 9.80. The average Bonchev–Trinajstić information content (AvgIpc) is 3.05. The normalized spacial score (nSPS) is 36.6. The Morgan fingerprint density at radius 3 is 2.27 bits per heavy atom. The summed E-state index contributed by atoms with van der Waals surface area (Å²) in [4.78, 5) is 40.5. The number of hydrogen-bond donors (Lipinski definition) is 3. The number of carbonyl (C=O) groups is 3. The van der Waals surface area contributed by atoms with Gasteiger partial charge in [-0.1, -0.05) is 72.5 Å². The minimum Gasteiger partial charge on any atom is -0.459 e. The van der Waals surface area contributed by atoms with Gasteiger partial charge < -0.3 is 24.8 Å². The van der Waals surface area contributed by atoms with Crippen molar-refractivity contribution in [1.29, 1.82) is 0 Å². The maximum atomic E-state index is 14.7. The fourth-order valence-corrected chi connectivity index (χ4v) is 7.39. The SMILES string of the molecule is CCCCCCCC(=O)O[C@]1(C)C[C@@H](C)C23C=C(C)C(OC(=O)CCC)C2(O)C(O)C(CO)=CC(C3=O)C1(C)C. The van der Waals surface area contributed by atoms with Crippen molar-refractivity contribution >= 4 is 17.7 Å². The van der Waals surface area contributed by atoms with Gasteiger partial charge in [0.15, 0.2) is 17.5 Å². The minimum atomic E-state index is -2.25. The molecule has 226 valence electrons. The second-order valence-electron chi connectivity index (χ2n) is 13.0. The number of hydrogen-bond acceptors (Lipinski definition) is 8. The molecule has 0 aliphatic heterocycles. The number of rotatable bonds is 11. The molecule has 0 aromatic rings. The number of carbonyl (C=O) groups excluding carboxylic acids is 3. The smallest absolute Gasteiger partial charge is 0.306 e. The van der Waals surface area contributed by atoms with Crippen molar-refractivity contribution in [3.8, 4) is 0 Å². The molecule has 0 amide bonds. The Balaban J connectivity index is 2.10. The van der Waals surface area contributed by atoms with Crippen LogP contribution in [0.15, 0.2) is 23.3 Å². The predicted octanol–water partition coefficient (Wildman–Crippen LogP) is 4.58. The summed E-state index contributed by atoms with van der Waals surface area (Å²) >= 11 is 0. The fraction of sp³-hybridized carbons (Fsp3) is 0.781. The largest absolute Gasteiger partial charge is 0.459 e. The summed E-state index contributed by atoms with van der Waals surface area (Å²) in [5, 5.41) is 34.5. The monoisotopic (exact) mass is 562 g/mol. The minimum absolute atomic E-state index is 0.0779. The lowest BCUT2D eigenvalue weighted by atomic mass is 9.59. The molecular weight excluding hydrogens is 512 g/mol. The molecule has 1 saturated carbocycles. The first-order valence-electron chi connectivity index (χ1n) is 15.0. The summed E-state index contributed by atoms with van der Waals surface area (Å²) in [5.74, 6) is -2.73. The fourth-order valence-electron chi connectivity index (χ4n) is 7.39. The number of allylic oxidation sites excluding steroid dienone is 1. The summed E-state index contributed by atoms with van der Waals surface area (Å²) in [6.07, 6.45) is 6.41. The molecule has 3 N–H and O–H groups in total. The highest BCUT2D eigenvalue weighted by atomic mass is 16.6. The molecule has 0 aromatic carbocycles. The summed E-state index contributed by atoms with van der Waals surface area (Å²) in [5.41, 5.74) is -5.40. The van der Waals surface area contributed by atoms with Gasteiger partial charge in [-0.2, -0.15) is 0 Å². The van der Waals surface area contributed by atoms with Gasteiger partial charge in [0.05, 0.1) is 12.0 Å². The van der Waals surface area contributed by atoms with Crippen molar-refractivity contribution in [2.45, 2.75) is 130 Å². The molecule has 0 heterocycles. The number of unbranched alkanes of at least 4 members (excludes halogenated alkanes) is 4. The zero-order valence-corrected chi connectivity index (χ0v) is 25.4. The Morgan fingerprint density at radius 1 is 1.02 bits per heavy atom. The van der Waals surface area contributed by atoms with Gasteiger partial charge in [0.2, 0.25) is 0 Å². The molecule has 3 aliphatic carbocycles. The molecule has 3 rings (SSSR count). The van der Waals surface area contributed by atoms with E-state index < -0.39 is 58.7 Å². The van der Waals surface area contributed by atoms with E-state index in [-0.39, 0.29) is 36.6 Å². The van der Waals surface area contributed by atoms with Crippen LogP contribution in [0.25, 0.3) is 0 Å². The van der Waals surface area contributed by atoms with Crippen LogP contribution in [0.2, 0.25) is 0 Å². The topological polar surface area (TPSA) is 130 Å². The highest BCUT2D eigenvalue weighted by Gasteiger charge is 2.74. The van der Waals surface area contributed by atoms with Gasteiger partial charge >= 0.3 is 11.9 Å². The zero-order valence-electron chi connectivity index (χ0n) is 25.4. The third-order valence-corrected chi connectivity index (χ3v) is 10.1. The molecule has 5 unspecified atom stereocenters. The Hall–Kier alpha value is -2.03. The van der Waals surface area contributed by atoms with E-state index in [1.165, 1.54) is 6.08 Å². The van der Waals surface area contributed by atoms with Gasteiger partial charge in [-0.25, -0.2) is 0 Å². The summed E-state index contributed by atoms with van der Waals surface area (Å²) in [6.45, 7) is 12.4. The molecule has 0 saturated heterocycles. The third kappa shape index (κ3) is 5.09. The summed E-state index contributed by atoms with van der Waals surface area (Å²) < 4.78 is 12.0. The molecule has 3 aliphatic rings. The first kappa shape index (κ1) is 32.5. The molecule has 0 radical (unpaired) electrons. The van der Waals surface area contributed by atoms with Crippen molar-refractivity contribution in [3.05, 3.63) is 23.3 Å².